The summed E-state index contributed by atoms with van der Waals surface area (Å²) in [6.45, 7) is 4.15. The third kappa shape index (κ3) is 5.28. The van der Waals surface area contributed by atoms with Gasteiger partial charge in [-0.1, -0.05) is 19.8 Å². The number of rotatable bonds is 5. The van der Waals surface area contributed by atoms with Gasteiger partial charge in [-0.2, -0.15) is 13.2 Å². The zero-order chi connectivity index (χ0) is 12.9. The summed E-state index contributed by atoms with van der Waals surface area (Å²) in [5.41, 5.74) is 0. The molecule has 1 aliphatic rings. The second-order valence-electron chi connectivity index (χ2n) is 5.10. The second kappa shape index (κ2) is 6.62. The molecule has 0 radical (unpaired) electrons. The van der Waals surface area contributed by atoms with Crippen LogP contribution in [0, 0.1) is 5.92 Å². The summed E-state index contributed by atoms with van der Waals surface area (Å²) in [5.74, 6) is -1.10. The average Bonchev–Trinajstić information content (AvgIpc) is 2.26. The predicted octanol–water partition coefficient (Wildman–Crippen LogP) is 4.70. The van der Waals surface area contributed by atoms with Crippen molar-refractivity contribution < 1.29 is 17.9 Å². The summed E-state index contributed by atoms with van der Waals surface area (Å²) in [5, 5.41) is 0. The van der Waals surface area contributed by atoms with Gasteiger partial charge in [0.1, 0.15) is 0 Å². The molecule has 1 atom stereocenters. The highest BCUT2D eigenvalue weighted by Crippen LogP contribution is 2.38. The van der Waals surface area contributed by atoms with E-state index in [2.05, 4.69) is 6.92 Å². The number of hydrogen-bond acceptors (Lipinski definition) is 1. The van der Waals surface area contributed by atoms with E-state index < -0.39 is 12.1 Å². The van der Waals surface area contributed by atoms with Gasteiger partial charge in [-0.15, -0.1) is 0 Å². The van der Waals surface area contributed by atoms with Crippen molar-refractivity contribution in [3.05, 3.63) is 0 Å². The van der Waals surface area contributed by atoms with Crippen molar-refractivity contribution in [2.24, 2.45) is 5.92 Å². The molecule has 1 unspecified atom stereocenters. The largest absolute Gasteiger partial charge is 0.391 e. The SMILES string of the molecule is CCCCC(C)OC1CCC(C(F)(F)F)CC1. The maximum atomic E-state index is 12.5. The van der Waals surface area contributed by atoms with Crippen molar-refractivity contribution in [2.45, 2.75) is 77.2 Å². The van der Waals surface area contributed by atoms with Crippen LogP contribution in [0.4, 0.5) is 13.2 Å². The van der Waals surface area contributed by atoms with Gasteiger partial charge in [0.15, 0.2) is 0 Å². The van der Waals surface area contributed by atoms with E-state index in [1.54, 1.807) is 0 Å². The third-order valence-corrected chi connectivity index (χ3v) is 3.53. The van der Waals surface area contributed by atoms with Crippen LogP contribution in [0.25, 0.3) is 0 Å². The van der Waals surface area contributed by atoms with E-state index in [9.17, 15) is 13.2 Å². The van der Waals surface area contributed by atoms with Gasteiger partial charge in [-0.05, 0) is 39.0 Å². The molecule has 0 aromatic rings. The van der Waals surface area contributed by atoms with Crippen LogP contribution in [0.3, 0.4) is 0 Å². The minimum absolute atomic E-state index is 0.0421. The van der Waals surface area contributed by atoms with Crippen LogP contribution < -0.4 is 0 Å². The van der Waals surface area contributed by atoms with Gasteiger partial charge in [0.05, 0.1) is 18.1 Å². The Bertz CT molecular complexity index is 207. The lowest BCUT2D eigenvalue weighted by atomic mass is 9.87. The molecule has 1 rings (SSSR count). The molecule has 1 fully saturated rings. The van der Waals surface area contributed by atoms with Gasteiger partial charge in [-0.3, -0.25) is 0 Å². The van der Waals surface area contributed by atoms with Crippen LogP contribution in [0.15, 0.2) is 0 Å². The maximum absolute atomic E-state index is 12.5. The highest BCUT2D eigenvalue weighted by molar-refractivity contribution is 4.78. The zero-order valence-electron chi connectivity index (χ0n) is 10.7. The number of hydrogen-bond donors (Lipinski definition) is 0. The Hall–Kier alpha value is -0.250. The topological polar surface area (TPSA) is 9.23 Å². The summed E-state index contributed by atoms with van der Waals surface area (Å²) in [7, 11) is 0. The van der Waals surface area contributed by atoms with Crippen LogP contribution in [0.2, 0.25) is 0 Å². The van der Waals surface area contributed by atoms with Crippen molar-refractivity contribution >= 4 is 0 Å². The van der Waals surface area contributed by atoms with Gasteiger partial charge in [-0.25, -0.2) is 0 Å². The summed E-state index contributed by atoms with van der Waals surface area (Å²) in [6.07, 6.45) is 1.05. The summed E-state index contributed by atoms with van der Waals surface area (Å²) in [4.78, 5) is 0. The lowest BCUT2D eigenvalue weighted by Gasteiger charge is -2.31. The summed E-state index contributed by atoms with van der Waals surface area (Å²) < 4.78 is 43.2. The van der Waals surface area contributed by atoms with Crippen LogP contribution in [-0.4, -0.2) is 18.4 Å². The van der Waals surface area contributed by atoms with Crippen molar-refractivity contribution in [2.75, 3.05) is 0 Å². The van der Waals surface area contributed by atoms with E-state index in [1.165, 1.54) is 0 Å². The van der Waals surface area contributed by atoms with Crippen molar-refractivity contribution in [3.8, 4) is 0 Å². The number of ether oxygens (including phenoxy) is 1. The van der Waals surface area contributed by atoms with Crippen LogP contribution >= 0.6 is 0 Å². The summed E-state index contributed by atoms with van der Waals surface area (Å²) in [6, 6.07) is 0. The fraction of sp³-hybridized carbons (Fsp3) is 1.00. The third-order valence-electron chi connectivity index (χ3n) is 3.53. The smallest absolute Gasteiger partial charge is 0.375 e. The molecule has 0 N–H and O–H groups in total. The molecule has 0 bridgehead atoms. The van der Waals surface area contributed by atoms with Gasteiger partial charge < -0.3 is 4.74 Å². The number of alkyl halides is 3. The molecular weight excluding hydrogens is 229 g/mol. The van der Waals surface area contributed by atoms with Gasteiger partial charge in [0.2, 0.25) is 0 Å². The zero-order valence-corrected chi connectivity index (χ0v) is 10.7. The monoisotopic (exact) mass is 252 g/mol. The van der Waals surface area contributed by atoms with Crippen molar-refractivity contribution in [1.82, 2.24) is 0 Å². The first-order chi connectivity index (χ1) is 7.93. The summed E-state index contributed by atoms with van der Waals surface area (Å²) >= 11 is 0. The van der Waals surface area contributed by atoms with E-state index in [0.29, 0.717) is 12.8 Å². The van der Waals surface area contributed by atoms with Crippen LogP contribution in [-0.2, 0) is 4.74 Å². The first-order valence-corrected chi connectivity index (χ1v) is 6.65. The molecular formula is C13H23F3O. The molecule has 1 saturated carbocycles. The maximum Gasteiger partial charge on any atom is 0.391 e. The van der Waals surface area contributed by atoms with E-state index >= 15 is 0 Å². The van der Waals surface area contributed by atoms with E-state index in [4.69, 9.17) is 4.74 Å². The van der Waals surface area contributed by atoms with E-state index in [-0.39, 0.29) is 25.0 Å². The van der Waals surface area contributed by atoms with Crippen molar-refractivity contribution in [1.29, 1.82) is 0 Å². The van der Waals surface area contributed by atoms with Gasteiger partial charge in [0, 0.05) is 0 Å². The molecule has 0 aromatic heterocycles. The van der Waals surface area contributed by atoms with Gasteiger partial charge >= 0.3 is 6.18 Å². The lowest BCUT2D eigenvalue weighted by molar-refractivity contribution is -0.189. The molecule has 0 aliphatic heterocycles. The molecule has 0 heterocycles. The normalized spacial score (nSPS) is 28.1. The predicted molar refractivity (Wildman–Crippen MR) is 61.9 cm³/mol. The molecule has 4 heteroatoms. The quantitative estimate of drug-likeness (QED) is 0.689. The van der Waals surface area contributed by atoms with Crippen molar-refractivity contribution in [3.63, 3.8) is 0 Å². The number of unbranched alkanes of at least 4 members (excludes halogenated alkanes) is 1. The minimum atomic E-state index is -4.02. The molecule has 17 heavy (non-hydrogen) atoms. The van der Waals surface area contributed by atoms with Crippen LogP contribution in [0.1, 0.15) is 58.8 Å². The first-order valence-electron chi connectivity index (χ1n) is 6.65. The first kappa shape index (κ1) is 14.8. The molecule has 0 aromatic carbocycles. The Morgan fingerprint density at radius 1 is 1.18 bits per heavy atom. The molecule has 1 aliphatic carbocycles. The Morgan fingerprint density at radius 3 is 2.24 bits per heavy atom. The van der Waals surface area contributed by atoms with E-state index in [0.717, 1.165) is 19.3 Å². The standard InChI is InChI=1S/C13H23F3O/c1-3-4-5-10(2)17-12-8-6-11(7-9-12)13(14,15)16/h10-12H,3-9H2,1-2H3. The molecule has 0 saturated heterocycles. The Labute approximate surface area is 102 Å². The molecule has 1 nitrogen and oxygen atoms in total. The second-order valence-corrected chi connectivity index (χ2v) is 5.10. The fourth-order valence-electron chi connectivity index (χ4n) is 2.41. The Morgan fingerprint density at radius 2 is 1.76 bits per heavy atom. The lowest BCUT2D eigenvalue weighted by Crippen LogP contribution is -2.32. The molecule has 102 valence electrons. The minimum Gasteiger partial charge on any atom is -0.375 e. The Kier molecular flexibility index (Phi) is 5.77. The van der Waals surface area contributed by atoms with E-state index in [1.807, 2.05) is 6.92 Å². The van der Waals surface area contributed by atoms with Crippen LogP contribution in [0.5, 0.6) is 0 Å². The highest BCUT2D eigenvalue weighted by Gasteiger charge is 2.41. The van der Waals surface area contributed by atoms with Gasteiger partial charge in [0.25, 0.3) is 0 Å². The fourth-order valence-corrected chi connectivity index (χ4v) is 2.41. The average molecular weight is 252 g/mol. The molecule has 0 amide bonds. The highest BCUT2D eigenvalue weighted by atomic mass is 19.4. The Balaban J connectivity index is 2.23. The molecule has 0 spiro atoms. The number of halogens is 3.